The zero-order valence-electron chi connectivity index (χ0n) is 17.1. The Bertz CT molecular complexity index is 1450. The predicted molar refractivity (Wildman–Crippen MR) is 139 cm³/mol. The van der Waals surface area contributed by atoms with Crippen LogP contribution in [0.25, 0.3) is 11.4 Å². The molecule has 10 heteroatoms. The summed E-state index contributed by atoms with van der Waals surface area (Å²) in [6, 6.07) is 20.8. The standard InChI is InChI=1S/C23H16ClIN4O3S/c1-32-19-12-10-18(11-13-19)29-22(31)20(27-26-16-6-2-14(24)3-7-16)21(30)28(23(29)33)17-8-4-15(25)5-9-17/h2-13,30H,1H3. The first-order chi connectivity index (χ1) is 15.9. The molecule has 0 spiro atoms. The van der Waals surface area contributed by atoms with Crippen molar-refractivity contribution in [1.29, 1.82) is 0 Å². The molecule has 0 unspecified atom stereocenters. The van der Waals surface area contributed by atoms with Crippen LogP contribution in [0.15, 0.2) is 87.8 Å². The van der Waals surface area contributed by atoms with Crippen molar-refractivity contribution in [2.24, 2.45) is 10.2 Å². The van der Waals surface area contributed by atoms with Gasteiger partial charge in [0.2, 0.25) is 11.6 Å². The van der Waals surface area contributed by atoms with E-state index in [0.717, 1.165) is 3.57 Å². The van der Waals surface area contributed by atoms with Gasteiger partial charge >= 0.3 is 0 Å². The minimum atomic E-state index is -0.609. The maximum absolute atomic E-state index is 13.4. The van der Waals surface area contributed by atoms with Gasteiger partial charge in [0.05, 0.1) is 24.2 Å². The highest BCUT2D eigenvalue weighted by molar-refractivity contribution is 14.1. The number of aromatic nitrogens is 2. The van der Waals surface area contributed by atoms with Gasteiger partial charge in [-0.2, -0.15) is 5.11 Å². The Morgan fingerprint density at radius 1 is 0.909 bits per heavy atom. The van der Waals surface area contributed by atoms with Crippen molar-refractivity contribution in [2.75, 3.05) is 7.11 Å². The van der Waals surface area contributed by atoms with Gasteiger partial charge in [0.25, 0.3) is 5.56 Å². The van der Waals surface area contributed by atoms with E-state index >= 15 is 0 Å². The van der Waals surface area contributed by atoms with Crippen molar-refractivity contribution < 1.29 is 9.84 Å². The Morgan fingerprint density at radius 3 is 2.09 bits per heavy atom. The van der Waals surface area contributed by atoms with Crippen LogP contribution in [0.4, 0.5) is 11.4 Å². The van der Waals surface area contributed by atoms with E-state index in [1.54, 1.807) is 67.8 Å². The van der Waals surface area contributed by atoms with Gasteiger partial charge in [-0.25, -0.2) is 0 Å². The summed E-state index contributed by atoms with van der Waals surface area (Å²) >= 11 is 13.7. The molecule has 0 aliphatic heterocycles. The first-order valence-corrected chi connectivity index (χ1v) is 11.4. The number of halogens is 2. The molecule has 1 N–H and O–H groups in total. The molecule has 0 aliphatic rings. The molecule has 3 aromatic carbocycles. The van der Waals surface area contributed by atoms with Gasteiger partial charge in [0.1, 0.15) is 5.75 Å². The van der Waals surface area contributed by atoms with E-state index in [2.05, 4.69) is 32.8 Å². The van der Waals surface area contributed by atoms with E-state index in [4.69, 9.17) is 28.6 Å². The van der Waals surface area contributed by atoms with Crippen LogP contribution in [0.3, 0.4) is 0 Å². The average Bonchev–Trinajstić information content (AvgIpc) is 2.82. The summed E-state index contributed by atoms with van der Waals surface area (Å²) in [7, 11) is 1.56. The third-order valence-corrected chi connectivity index (χ3v) is 6.06. The van der Waals surface area contributed by atoms with Crippen molar-refractivity contribution >= 4 is 57.8 Å². The maximum atomic E-state index is 13.4. The fraction of sp³-hybridized carbons (Fsp3) is 0.0435. The second-order valence-electron chi connectivity index (χ2n) is 6.78. The normalized spacial score (nSPS) is 11.1. The Labute approximate surface area is 212 Å². The predicted octanol–water partition coefficient (Wildman–Crippen LogP) is 6.75. The van der Waals surface area contributed by atoms with Crippen LogP contribution in [0.5, 0.6) is 11.6 Å². The Morgan fingerprint density at radius 2 is 1.48 bits per heavy atom. The lowest BCUT2D eigenvalue weighted by atomic mass is 10.3. The van der Waals surface area contributed by atoms with Gasteiger partial charge in [-0.15, -0.1) is 5.11 Å². The second kappa shape index (κ2) is 9.86. The molecular weight excluding hydrogens is 575 g/mol. The van der Waals surface area contributed by atoms with Crippen molar-refractivity contribution in [2.45, 2.75) is 0 Å². The molecule has 1 heterocycles. The number of aromatic hydroxyl groups is 1. The van der Waals surface area contributed by atoms with E-state index in [9.17, 15) is 9.90 Å². The van der Waals surface area contributed by atoms with E-state index in [1.165, 1.54) is 9.13 Å². The summed E-state index contributed by atoms with van der Waals surface area (Å²) in [5, 5.41) is 19.8. The van der Waals surface area contributed by atoms with Crippen LogP contribution in [0, 0.1) is 8.34 Å². The summed E-state index contributed by atoms with van der Waals surface area (Å²) in [5.41, 5.74) is 0.670. The Hall–Kier alpha value is -3.02. The number of rotatable bonds is 5. The molecule has 0 saturated carbocycles. The van der Waals surface area contributed by atoms with Crippen molar-refractivity contribution in [3.63, 3.8) is 0 Å². The van der Waals surface area contributed by atoms with Crippen LogP contribution in [0.2, 0.25) is 5.02 Å². The molecule has 166 valence electrons. The molecule has 0 atom stereocenters. The van der Waals surface area contributed by atoms with Crippen molar-refractivity contribution in [3.05, 3.63) is 96.5 Å². The first-order valence-electron chi connectivity index (χ1n) is 9.58. The number of azo groups is 1. The molecule has 0 radical (unpaired) electrons. The third-order valence-electron chi connectivity index (χ3n) is 4.72. The molecule has 0 bridgehead atoms. The van der Waals surface area contributed by atoms with E-state index in [-0.39, 0.29) is 10.5 Å². The Kier molecular flexibility index (Phi) is 6.91. The summed E-state index contributed by atoms with van der Waals surface area (Å²) < 4.78 is 8.97. The van der Waals surface area contributed by atoms with Gasteiger partial charge in [0.15, 0.2) is 4.77 Å². The SMILES string of the molecule is COc1ccc(-n2c(=O)c(N=Nc3ccc(Cl)cc3)c(O)n(-c3ccc(I)cc3)c2=S)cc1. The average molecular weight is 591 g/mol. The second-order valence-corrected chi connectivity index (χ2v) is 8.83. The lowest BCUT2D eigenvalue weighted by molar-refractivity contribution is 0.414. The van der Waals surface area contributed by atoms with Crippen molar-refractivity contribution in [1.82, 2.24) is 9.13 Å². The smallest absolute Gasteiger partial charge is 0.290 e. The van der Waals surface area contributed by atoms with Gasteiger partial charge in [0, 0.05) is 8.59 Å². The highest BCUT2D eigenvalue weighted by Crippen LogP contribution is 2.30. The topological polar surface area (TPSA) is 81.1 Å². The number of nitrogens with zero attached hydrogens (tertiary/aromatic N) is 4. The fourth-order valence-electron chi connectivity index (χ4n) is 3.07. The number of hydrogen-bond donors (Lipinski definition) is 1. The van der Waals surface area contributed by atoms with E-state index in [0.29, 0.717) is 27.8 Å². The summed E-state index contributed by atoms with van der Waals surface area (Å²) in [6.07, 6.45) is 0. The van der Waals surface area contributed by atoms with Gasteiger partial charge in [-0.3, -0.25) is 13.9 Å². The molecule has 0 fully saturated rings. The zero-order valence-corrected chi connectivity index (χ0v) is 20.9. The maximum Gasteiger partial charge on any atom is 0.290 e. The van der Waals surface area contributed by atoms with Gasteiger partial charge in [-0.1, -0.05) is 11.6 Å². The molecule has 0 saturated heterocycles. The molecule has 0 aliphatic carbocycles. The summed E-state index contributed by atoms with van der Waals surface area (Å²) in [6.45, 7) is 0. The number of ether oxygens (including phenoxy) is 1. The molecule has 0 amide bonds. The largest absolute Gasteiger partial charge is 0.497 e. The number of methoxy groups -OCH3 is 1. The lowest BCUT2D eigenvalue weighted by Gasteiger charge is -2.16. The van der Waals surface area contributed by atoms with E-state index < -0.39 is 11.4 Å². The molecule has 4 aromatic rings. The Balaban J connectivity index is 1.97. The highest BCUT2D eigenvalue weighted by Gasteiger charge is 2.19. The quantitative estimate of drug-likeness (QED) is 0.158. The zero-order chi connectivity index (χ0) is 23.5. The van der Waals surface area contributed by atoms with Crippen LogP contribution < -0.4 is 10.3 Å². The monoisotopic (exact) mass is 590 g/mol. The van der Waals surface area contributed by atoms with Crippen LogP contribution >= 0.6 is 46.4 Å². The molecule has 4 rings (SSSR count). The van der Waals surface area contributed by atoms with E-state index in [1.807, 2.05) is 12.1 Å². The molecule has 33 heavy (non-hydrogen) atoms. The van der Waals surface area contributed by atoms with Gasteiger partial charge in [-0.05, 0) is 108 Å². The minimum Gasteiger partial charge on any atom is -0.497 e. The minimum absolute atomic E-state index is 0.0781. The highest BCUT2D eigenvalue weighted by atomic mass is 127. The van der Waals surface area contributed by atoms with Crippen LogP contribution in [0.1, 0.15) is 0 Å². The number of benzene rings is 3. The van der Waals surface area contributed by atoms with Gasteiger partial charge < -0.3 is 9.84 Å². The molecule has 7 nitrogen and oxygen atoms in total. The first kappa shape index (κ1) is 23.1. The fourth-order valence-corrected chi connectivity index (χ4v) is 3.94. The molecular formula is C23H16ClIN4O3S. The lowest BCUT2D eigenvalue weighted by Crippen LogP contribution is -2.23. The molecule has 1 aromatic heterocycles. The summed E-state index contributed by atoms with van der Waals surface area (Å²) in [4.78, 5) is 13.4. The van der Waals surface area contributed by atoms with Crippen molar-refractivity contribution in [3.8, 4) is 23.0 Å². The number of hydrogen-bond acceptors (Lipinski definition) is 6. The third kappa shape index (κ3) is 4.85. The van der Waals surface area contributed by atoms with Crippen LogP contribution in [-0.2, 0) is 0 Å². The summed E-state index contributed by atoms with van der Waals surface area (Å²) in [5.74, 6) is 0.221. The van der Waals surface area contributed by atoms with Crippen LogP contribution in [-0.4, -0.2) is 21.4 Å².